The first kappa shape index (κ1) is 15.7. The predicted octanol–water partition coefficient (Wildman–Crippen LogP) is 4.15. The summed E-state index contributed by atoms with van der Waals surface area (Å²) in [7, 11) is 1.33. The number of hydrogen-bond donors (Lipinski definition) is 0. The maximum Gasteiger partial charge on any atom is 0.311 e. The van der Waals surface area contributed by atoms with Gasteiger partial charge in [0.15, 0.2) is 11.5 Å². The third-order valence-electron chi connectivity index (χ3n) is 2.98. The molecule has 0 N–H and O–H groups in total. The summed E-state index contributed by atoms with van der Waals surface area (Å²) in [6.45, 7) is 0. The van der Waals surface area contributed by atoms with Gasteiger partial charge in [-0.3, -0.25) is 14.9 Å². The molecule has 0 amide bonds. The Morgan fingerprint density at radius 1 is 1.27 bits per heavy atom. The molecule has 22 heavy (non-hydrogen) atoms. The number of allylic oxidation sites excluding steroid dienone is 1. The largest absolute Gasteiger partial charge is 0.490 e. The van der Waals surface area contributed by atoms with E-state index in [4.69, 9.17) is 16.3 Å². The molecule has 0 unspecified atom stereocenters. The molecule has 0 spiro atoms. The van der Waals surface area contributed by atoms with E-state index in [1.165, 1.54) is 31.4 Å². The third kappa shape index (κ3) is 3.51. The summed E-state index contributed by atoms with van der Waals surface area (Å²) < 4.78 is 4.90. The maximum atomic E-state index is 12.1. The lowest BCUT2D eigenvalue weighted by atomic mass is 10.1. The van der Waals surface area contributed by atoms with Crippen molar-refractivity contribution in [3.05, 3.63) is 74.8 Å². The minimum absolute atomic E-state index is 0.108. The quantitative estimate of drug-likeness (QED) is 0.359. The SMILES string of the molecule is COc1ccc(C(=O)C=Cc2ccccc2Cl)cc1[N+](=O)[O-]. The fourth-order valence-corrected chi connectivity index (χ4v) is 2.06. The van der Waals surface area contributed by atoms with Crippen LogP contribution < -0.4 is 4.74 Å². The second kappa shape index (κ2) is 6.87. The van der Waals surface area contributed by atoms with E-state index in [9.17, 15) is 14.9 Å². The summed E-state index contributed by atoms with van der Waals surface area (Å²) in [6, 6.07) is 11.1. The van der Waals surface area contributed by atoms with E-state index < -0.39 is 4.92 Å². The topological polar surface area (TPSA) is 69.4 Å². The van der Waals surface area contributed by atoms with Crippen LogP contribution in [0.25, 0.3) is 6.08 Å². The molecule has 0 saturated carbocycles. The number of methoxy groups -OCH3 is 1. The van der Waals surface area contributed by atoms with E-state index in [2.05, 4.69) is 0 Å². The number of nitro groups is 1. The minimum Gasteiger partial charge on any atom is -0.490 e. The molecule has 0 fully saturated rings. The van der Waals surface area contributed by atoms with Gasteiger partial charge in [0.25, 0.3) is 0 Å². The molecule has 0 bridgehead atoms. The van der Waals surface area contributed by atoms with Gasteiger partial charge in [-0.1, -0.05) is 29.8 Å². The number of halogens is 1. The number of ether oxygens (including phenoxy) is 1. The van der Waals surface area contributed by atoms with E-state index >= 15 is 0 Å². The lowest BCUT2D eigenvalue weighted by molar-refractivity contribution is -0.385. The molecule has 0 heterocycles. The van der Waals surface area contributed by atoms with Gasteiger partial charge in [0.2, 0.25) is 0 Å². The zero-order chi connectivity index (χ0) is 16.1. The standard InChI is InChI=1S/C16H12ClNO4/c1-22-16-9-7-12(10-14(16)18(20)21)15(19)8-6-11-4-2-3-5-13(11)17/h2-10H,1H3. The summed E-state index contributed by atoms with van der Waals surface area (Å²) in [5.41, 5.74) is 0.649. The Bertz CT molecular complexity index is 756. The average Bonchev–Trinajstić information content (AvgIpc) is 2.53. The highest BCUT2D eigenvalue weighted by atomic mass is 35.5. The number of benzene rings is 2. The summed E-state index contributed by atoms with van der Waals surface area (Å²) in [6.07, 6.45) is 2.90. The molecule has 0 aromatic heterocycles. The molecule has 0 radical (unpaired) electrons. The Hall–Kier alpha value is -2.66. The van der Waals surface area contributed by atoms with E-state index in [-0.39, 0.29) is 22.8 Å². The van der Waals surface area contributed by atoms with Gasteiger partial charge < -0.3 is 4.74 Å². The molecular formula is C16H12ClNO4. The lowest BCUT2D eigenvalue weighted by Crippen LogP contribution is -1.99. The second-order valence-corrected chi connectivity index (χ2v) is 4.77. The highest BCUT2D eigenvalue weighted by Gasteiger charge is 2.17. The van der Waals surface area contributed by atoms with Crippen molar-refractivity contribution < 1.29 is 14.5 Å². The monoisotopic (exact) mass is 317 g/mol. The number of nitrogens with zero attached hydrogens (tertiary/aromatic N) is 1. The van der Waals surface area contributed by atoms with Crippen molar-refractivity contribution in [3.63, 3.8) is 0 Å². The predicted molar refractivity (Wildman–Crippen MR) is 84.5 cm³/mol. The first-order valence-electron chi connectivity index (χ1n) is 6.32. The molecule has 0 aliphatic rings. The van der Waals surface area contributed by atoms with Gasteiger partial charge in [0.05, 0.1) is 12.0 Å². The number of rotatable bonds is 5. The molecule has 0 aliphatic carbocycles. The minimum atomic E-state index is -0.590. The molecule has 2 aromatic carbocycles. The van der Waals surface area contributed by atoms with Crippen LogP contribution in [-0.2, 0) is 0 Å². The number of ketones is 1. The van der Waals surface area contributed by atoms with Crippen LogP contribution in [-0.4, -0.2) is 17.8 Å². The molecule has 112 valence electrons. The average molecular weight is 318 g/mol. The molecule has 6 heteroatoms. The highest BCUT2D eigenvalue weighted by Crippen LogP contribution is 2.28. The Morgan fingerprint density at radius 3 is 2.64 bits per heavy atom. The van der Waals surface area contributed by atoms with Crippen LogP contribution in [0.15, 0.2) is 48.5 Å². The van der Waals surface area contributed by atoms with Crippen LogP contribution in [0.1, 0.15) is 15.9 Å². The molecule has 2 rings (SSSR count). The van der Waals surface area contributed by atoms with Gasteiger partial charge in [-0.2, -0.15) is 0 Å². The van der Waals surface area contributed by atoms with Crippen molar-refractivity contribution in [3.8, 4) is 5.75 Å². The van der Waals surface area contributed by atoms with Gasteiger partial charge in [-0.05, 0) is 35.9 Å². The van der Waals surface area contributed by atoms with Crippen molar-refractivity contribution >= 4 is 29.1 Å². The lowest BCUT2D eigenvalue weighted by Gasteiger charge is -2.03. The number of carbonyl (C=O) groups excluding carboxylic acids is 1. The van der Waals surface area contributed by atoms with E-state index in [1.54, 1.807) is 30.3 Å². The Balaban J connectivity index is 2.29. The zero-order valence-corrected chi connectivity index (χ0v) is 12.4. The molecule has 0 aliphatic heterocycles. The molecule has 5 nitrogen and oxygen atoms in total. The third-order valence-corrected chi connectivity index (χ3v) is 3.32. The summed E-state index contributed by atoms with van der Waals surface area (Å²) in [5.74, 6) is -0.248. The van der Waals surface area contributed by atoms with Crippen LogP contribution in [0.5, 0.6) is 5.75 Å². The Morgan fingerprint density at radius 2 is 2.00 bits per heavy atom. The van der Waals surface area contributed by atoms with Crippen molar-refractivity contribution in [1.29, 1.82) is 0 Å². The van der Waals surface area contributed by atoms with Crippen LogP contribution in [0.2, 0.25) is 5.02 Å². The number of carbonyl (C=O) groups is 1. The molecular weight excluding hydrogens is 306 g/mol. The maximum absolute atomic E-state index is 12.1. The van der Waals surface area contributed by atoms with Gasteiger partial charge >= 0.3 is 5.69 Å². The summed E-state index contributed by atoms with van der Waals surface area (Å²) in [4.78, 5) is 22.5. The number of hydrogen-bond acceptors (Lipinski definition) is 4. The zero-order valence-electron chi connectivity index (χ0n) is 11.7. The van der Waals surface area contributed by atoms with Crippen LogP contribution in [0.3, 0.4) is 0 Å². The first-order valence-corrected chi connectivity index (χ1v) is 6.70. The highest BCUT2D eigenvalue weighted by molar-refractivity contribution is 6.32. The van der Waals surface area contributed by atoms with Crippen LogP contribution >= 0.6 is 11.6 Å². The van der Waals surface area contributed by atoms with E-state index in [1.807, 2.05) is 0 Å². The van der Waals surface area contributed by atoms with Crippen molar-refractivity contribution in [2.75, 3.05) is 7.11 Å². The van der Waals surface area contributed by atoms with Gasteiger partial charge in [-0.25, -0.2) is 0 Å². The van der Waals surface area contributed by atoms with Crippen molar-refractivity contribution in [2.24, 2.45) is 0 Å². The van der Waals surface area contributed by atoms with Gasteiger partial charge in [-0.15, -0.1) is 0 Å². The van der Waals surface area contributed by atoms with Gasteiger partial charge in [0.1, 0.15) is 0 Å². The Labute approximate surface area is 131 Å². The van der Waals surface area contributed by atoms with Crippen molar-refractivity contribution in [2.45, 2.75) is 0 Å². The Kier molecular flexibility index (Phi) is 4.91. The second-order valence-electron chi connectivity index (χ2n) is 4.36. The smallest absolute Gasteiger partial charge is 0.311 e. The molecule has 2 aromatic rings. The van der Waals surface area contributed by atoms with Crippen molar-refractivity contribution in [1.82, 2.24) is 0 Å². The first-order chi connectivity index (χ1) is 10.5. The molecule has 0 saturated heterocycles. The fourth-order valence-electron chi connectivity index (χ4n) is 1.86. The fraction of sp³-hybridized carbons (Fsp3) is 0.0625. The van der Waals surface area contributed by atoms with Crippen LogP contribution in [0, 0.1) is 10.1 Å². The number of nitro benzene ring substituents is 1. The van der Waals surface area contributed by atoms with E-state index in [0.29, 0.717) is 10.6 Å². The summed E-state index contributed by atoms with van der Waals surface area (Å²) in [5, 5.41) is 11.5. The van der Waals surface area contributed by atoms with Crippen LogP contribution in [0.4, 0.5) is 5.69 Å². The summed E-state index contributed by atoms with van der Waals surface area (Å²) >= 11 is 5.99. The van der Waals surface area contributed by atoms with Gasteiger partial charge in [0, 0.05) is 16.7 Å². The molecule has 0 atom stereocenters. The van der Waals surface area contributed by atoms with E-state index in [0.717, 1.165) is 0 Å². The normalized spacial score (nSPS) is 10.6.